The molecular weight excluding hydrogens is 266 g/mol. The van der Waals surface area contributed by atoms with Crippen LogP contribution in [0, 0.1) is 11.6 Å². The first-order valence-corrected chi connectivity index (χ1v) is 6.02. The summed E-state index contributed by atoms with van der Waals surface area (Å²) in [4.78, 5) is 0. The first kappa shape index (κ1) is 14.4. The summed E-state index contributed by atoms with van der Waals surface area (Å²) >= 11 is 0. The number of benzene rings is 1. The summed E-state index contributed by atoms with van der Waals surface area (Å²) in [6.45, 7) is 0. The van der Waals surface area contributed by atoms with Crippen molar-refractivity contribution in [3.63, 3.8) is 0 Å². The molecule has 0 saturated heterocycles. The third kappa shape index (κ3) is 2.94. The topological polar surface area (TPSA) is 65.1 Å². The summed E-state index contributed by atoms with van der Waals surface area (Å²) in [5, 5.41) is 4.08. The lowest BCUT2D eigenvalue weighted by molar-refractivity contribution is 0.393. The highest BCUT2D eigenvalue weighted by molar-refractivity contribution is 5.30. The van der Waals surface area contributed by atoms with Gasteiger partial charge < -0.3 is 4.74 Å². The molecule has 0 spiro atoms. The molecule has 2 rings (SSSR count). The number of rotatable bonds is 5. The Morgan fingerprint density at radius 1 is 1.35 bits per heavy atom. The minimum atomic E-state index is -0.618. The molecule has 1 unspecified atom stereocenters. The summed E-state index contributed by atoms with van der Waals surface area (Å²) in [5.41, 5.74) is 3.82. The van der Waals surface area contributed by atoms with E-state index in [9.17, 15) is 8.78 Å². The van der Waals surface area contributed by atoms with Gasteiger partial charge in [-0.3, -0.25) is 16.0 Å². The molecule has 1 aromatic carbocycles. The number of hydrazine groups is 1. The van der Waals surface area contributed by atoms with Gasteiger partial charge in [0, 0.05) is 13.1 Å². The summed E-state index contributed by atoms with van der Waals surface area (Å²) in [6.07, 6.45) is 1.87. The van der Waals surface area contributed by atoms with Crippen molar-refractivity contribution in [1.82, 2.24) is 15.2 Å². The molecule has 0 radical (unpaired) electrons. The zero-order chi connectivity index (χ0) is 14.7. The predicted molar refractivity (Wildman–Crippen MR) is 69.9 cm³/mol. The number of nitrogens with one attached hydrogen (secondary N) is 1. The lowest BCUT2D eigenvalue weighted by Gasteiger charge is -2.18. The molecule has 0 amide bonds. The highest BCUT2D eigenvalue weighted by atomic mass is 19.1. The van der Waals surface area contributed by atoms with Crippen LogP contribution < -0.4 is 16.0 Å². The van der Waals surface area contributed by atoms with Crippen LogP contribution in [0.5, 0.6) is 5.75 Å². The van der Waals surface area contributed by atoms with Gasteiger partial charge in [-0.05, 0) is 24.1 Å². The summed E-state index contributed by atoms with van der Waals surface area (Å²) in [5.74, 6) is 4.87. The Morgan fingerprint density at radius 3 is 2.55 bits per heavy atom. The average molecular weight is 282 g/mol. The predicted octanol–water partition coefficient (Wildman–Crippen LogP) is 1.45. The van der Waals surface area contributed by atoms with E-state index in [-0.39, 0.29) is 6.04 Å². The SMILES string of the molecule is COc1cnn(C)c1C(Cc1cc(F)cc(F)c1)NN. The maximum Gasteiger partial charge on any atom is 0.161 e. The van der Waals surface area contributed by atoms with Crippen molar-refractivity contribution in [3.05, 3.63) is 47.3 Å². The molecule has 2 aromatic rings. The van der Waals surface area contributed by atoms with Crippen LogP contribution in [0.15, 0.2) is 24.4 Å². The van der Waals surface area contributed by atoms with Gasteiger partial charge in [-0.25, -0.2) is 8.78 Å². The van der Waals surface area contributed by atoms with E-state index in [4.69, 9.17) is 10.6 Å². The first-order valence-electron chi connectivity index (χ1n) is 6.02. The van der Waals surface area contributed by atoms with Gasteiger partial charge in [0.25, 0.3) is 0 Å². The van der Waals surface area contributed by atoms with Crippen molar-refractivity contribution in [1.29, 1.82) is 0 Å². The fraction of sp³-hybridized carbons (Fsp3) is 0.308. The number of nitrogens with two attached hydrogens (primary N) is 1. The first-order chi connectivity index (χ1) is 9.55. The van der Waals surface area contributed by atoms with Crippen molar-refractivity contribution >= 4 is 0 Å². The van der Waals surface area contributed by atoms with Crippen LogP contribution in [0.1, 0.15) is 17.3 Å². The summed E-state index contributed by atoms with van der Waals surface area (Å²) in [6, 6.07) is 3.00. The molecule has 0 bridgehead atoms. The fourth-order valence-electron chi connectivity index (χ4n) is 2.18. The van der Waals surface area contributed by atoms with Crippen molar-refractivity contribution < 1.29 is 13.5 Å². The normalized spacial score (nSPS) is 12.4. The van der Waals surface area contributed by atoms with Crippen LogP contribution in [-0.2, 0) is 13.5 Å². The molecule has 0 fully saturated rings. The monoisotopic (exact) mass is 282 g/mol. The second-order valence-corrected chi connectivity index (χ2v) is 4.42. The average Bonchev–Trinajstić information content (AvgIpc) is 2.76. The Morgan fingerprint density at radius 2 is 2.00 bits per heavy atom. The number of nitrogens with zero attached hydrogens (tertiary/aromatic N) is 2. The van der Waals surface area contributed by atoms with E-state index in [0.717, 1.165) is 6.07 Å². The zero-order valence-electron chi connectivity index (χ0n) is 11.2. The Kier molecular flexibility index (Phi) is 4.31. The van der Waals surface area contributed by atoms with E-state index < -0.39 is 11.6 Å². The lowest BCUT2D eigenvalue weighted by Crippen LogP contribution is -2.31. The summed E-state index contributed by atoms with van der Waals surface area (Å²) < 4.78 is 33.2. The van der Waals surface area contributed by atoms with Gasteiger partial charge in [0.2, 0.25) is 0 Å². The minimum absolute atomic E-state index is 0.307. The van der Waals surface area contributed by atoms with E-state index >= 15 is 0 Å². The van der Waals surface area contributed by atoms with Crippen molar-refractivity contribution in [3.8, 4) is 5.75 Å². The van der Waals surface area contributed by atoms with Gasteiger partial charge in [-0.2, -0.15) is 5.10 Å². The Balaban J connectivity index is 2.31. The molecule has 7 heteroatoms. The fourth-order valence-corrected chi connectivity index (χ4v) is 2.18. The van der Waals surface area contributed by atoms with E-state index in [1.807, 2.05) is 0 Å². The van der Waals surface area contributed by atoms with E-state index in [1.165, 1.54) is 19.2 Å². The molecule has 0 aliphatic heterocycles. The number of methoxy groups -OCH3 is 1. The second kappa shape index (κ2) is 5.98. The maximum atomic E-state index is 13.2. The van der Waals surface area contributed by atoms with Crippen LogP contribution >= 0.6 is 0 Å². The van der Waals surface area contributed by atoms with E-state index in [1.54, 1.807) is 17.9 Å². The van der Waals surface area contributed by atoms with Gasteiger partial charge in [0.05, 0.1) is 25.0 Å². The highest BCUT2D eigenvalue weighted by Crippen LogP contribution is 2.26. The maximum absolute atomic E-state index is 13.2. The molecule has 1 aromatic heterocycles. The molecule has 1 heterocycles. The number of ether oxygens (including phenoxy) is 1. The molecule has 5 nitrogen and oxygen atoms in total. The van der Waals surface area contributed by atoms with Crippen LogP contribution in [0.2, 0.25) is 0 Å². The molecule has 108 valence electrons. The van der Waals surface area contributed by atoms with Crippen LogP contribution in [0.4, 0.5) is 8.78 Å². The molecule has 3 N–H and O–H groups in total. The van der Waals surface area contributed by atoms with Gasteiger partial charge in [0.15, 0.2) is 5.75 Å². The minimum Gasteiger partial charge on any atom is -0.493 e. The Bertz CT molecular complexity index is 580. The number of aryl methyl sites for hydroxylation is 1. The van der Waals surface area contributed by atoms with Crippen LogP contribution in [0.25, 0.3) is 0 Å². The third-order valence-electron chi connectivity index (χ3n) is 3.06. The smallest absolute Gasteiger partial charge is 0.161 e. The molecular formula is C13H16F2N4O. The zero-order valence-corrected chi connectivity index (χ0v) is 11.2. The number of aromatic nitrogens is 2. The summed E-state index contributed by atoms with van der Waals surface area (Å²) in [7, 11) is 3.27. The van der Waals surface area contributed by atoms with Crippen molar-refractivity contribution in [2.24, 2.45) is 12.9 Å². The Labute approximate surface area is 115 Å². The largest absolute Gasteiger partial charge is 0.493 e. The van der Waals surface area contributed by atoms with Crippen molar-refractivity contribution in [2.75, 3.05) is 7.11 Å². The van der Waals surface area contributed by atoms with Crippen molar-refractivity contribution in [2.45, 2.75) is 12.5 Å². The number of halogens is 2. The molecule has 0 aliphatic rings. The lowest BCUT2D eigenvalue weighted by atomic mass is 10.0. The van der Waals surface area contributed by atoms with Gasteiger partial charge in [-0.15, -0.1) is 0 Å². The molecule has 1 atom stereocenters. The van der Waals surface area contributed by atoms with Crippen LogP contribution in [0.3, 0.4) is 0 Å². The highest BCUT2D eigenvalue weighted by Gasteiger charge is 2.20. The van der Waals surface area contributed by atoms with Gasteiger partial charge in [-0.1, -0.05) is 0 Å². The number of hydrogen-bond acceptors (Lipinski definition) is 4. The van der Waals surface area contributed by atoms with Crippen LogP contribution in [-0.4, -0.2) is 16.9 Å². The van der Waals surface area contributed by atoms with Gasteiger partial charge in [0.1, 0.15) is 11.6 Å². The van der Waals surface area contributed by atoms with Gasteiger partial charge >= 0.3 is 0 Å². The second-order valence-electron chi connectivity index (χ2n) is 4.42. The standard InChI is InChI=1S/C13H16F2N4O/c1-19-13(12(20-2)7-17-19)11(18-16)5-8-3-9(14)6-10(15)4-8/h3-4,6-7,11,18H,5,16H2,1-2H3. The van der Waals surface area contributed by atoms with E-state index in [2.05, 4.69) is 10.5 Å². The third-order valence-corrected chi connectivity index (χ3v) is 3.06. The van der Waals surface area contributed by atoms with E-state index in [0.29, 0.717) is 23.4 Å². The quantitative estimate of drug-likeness (QED) is 0.643. The molecule has 0 saturated carbocycles. The number of hydrogen-bond donors (Lipinski definition) is 2. The Hall–Kier alpha value is -1.99. The molecule has 20 heavy (non-hydrogen) atoms. The molecule has 0 aliphatic carbocycles.